The van der Waals surface area contributed by atoms with Crippen molar-refractivity contribution in [3.63, 3.8) is 0 Å². The number of rotatable bonds is 3. The van der Waals surface area contributed by atoms with E-state index in [0.717, 1.165) is 50.5 Å². The summed E-state index contributed by atoms with van der Waals surface area (Å²) in [5.74, 6) is 2.20. The minimum absolute atomic E-state index is 0.0521. The second-order valence-electron chi connectivity index (χ2n) is 9.11. The highest BCUT2D eigenvalue weighted by molar-refractivity contribution is 7.60. The summed E-state index contributed by atoms with van der Waals surface area (Å²) in [5.41, 5.74) is 2.51. The van der Waals surface area contributed by atoms with Crippen LogP contribution in [-0.4, -0.2) is 21.0 Å². The van der Waals surface area contributed by atoms with E-state index >= 15 is 0 Å². The van der Waals surface area contributed by atoms with Crippen LogP contribution in [0.15, 0.2) is 18.2 Å². The van der Waals surface area contributed by atoms with Gasteiger partial charge in [0.2, 0.25) is 0 Å². The SMILES string of the molecule is CCC[C@@H]1Cc2cc(P(=O)(O)O)ccc2[C@H]2CC[C@]3(C)[C@@H](O)CC[C@H]3[C@H]12. The van der Waals surface area contributed by atoms with Gasteiger partial charge in [-0.1, -0.05) is 32.8 Å². The summed E-state index contributed by atoms with van der Waals surface area (Å²) in [6, 6.07) is 5.39. The van der Waals surface area contributed by atoms with Gasteiger partial charge in [-0.05, 0) is 84.5 Å². The lowest BCUT2D eigenvalue weighted by Crippen LogP contribution is -2.47. The fraction of sp³-hybridized carbons (Fsp3) is 0.714. The Morgan fingerprint density at radius 3 is 2.69 bits per heavy atom. The molecule has 0 heterocycles. The Labute approximate surface area is 156 Å². The third-order valence-corrected chi connectivity index (χ3v) is 8.78. The molecule has 6 atom stereocenters. The first-order valence-electron chi connectivity index (χ1n) is 10.1. The molecule has 2 saturated carbocycles. The van der Waals surface area contributed by atoms with Crippen molar-refractivity contribution in [1.82, 2.24) is 0 Å². The predicted molar refractivity (Wildman–Crippen MR) is 103 cm³/mol. The average Bonchev–Trinajstić information content (AvgIpc) is 2.89. The molecule has 0 aromatic heterocycles. The van der Waals surface area contributed by atoms with Crippen molar-refractivity contribution in [2.45, 2.75) is 70.8 Å². The van der Waals surface area contributed by atoms with Crippen LogP contribution in [0, 0.1) is 23.2 Å². The Morgan fingerprint density at radius 1 is 1.23 bits per heavy atom. The highest BCUT2D eigenvalue weighted by Crippen LogP contribution is 2.62. The fourth-order valence-electron chi connectivity index (χ4n) is 6.58. The van der Waals surface area contributed by atoms with Gasteiger partial charge >= 0.3 is 7.60 Å². The third-order valence-electron chi connectivity index (χ3n) is 7.83. The molecule has 1 aromatic rings. The van der Waals surface area contributed by atoms with Gasteiger partial charge in [-0.15, -0.1) is 0 Å². The molecule has 0 saturated heterocycles. The first-order chi connectivity index (χ1) is 12.3. The average molecular weight is 378 g/mol. The van der Waals surface area contributed by atoms with Crippen molar-refractivity contribution < 1.29 is 19.5 Å². The molecule has 0 amide bonds. The highest BCUT2D eigenvalue weighted by Gasteiger charge is 2.56. The van der Waals surface area contributed by atoms with E-state index in [1.165, 1.54) is 5.56 Å². The maximum Gasteiger partial charge on any atom is 0.356 e. The van der Waals surface area contributed by atoms with Crippen molar-refractivity contribution in [3.8, 4) is 0 Å². The molecule has 0 bridgehead atoms. The van der Waals surface area contributed by atoms with Gasteiger partial charge in [0.25, 0.3) is 0 Å². The molecule has 5 heteroatoms. The van der Waals surface area contributed by atoms with Crippen molar-refractivity contribution in [3.05, 3.63) is 29.3 Å². The Morgan fingerprint density at radius 2 is 2.00 bits per heavy atom. The van der Waals surface area contributed by atoms with E-state index < -0.39 is 7.60 Å². The summed E-state index contributed by atoms with van der Waals surface area (Å²) in [5, 5.41) is 10.8. The van der Waals surface area contributed by atoms with Crippen LogP contribution in [0.3, 0.4) is 0 Å². The van der Waals surface area contributed by atoms with Crippen LogP contribution in [0.25, 0.3) is 0 Å². The van der Waals surface area contributed by atoms with Crippen LogP contribution in [0.4, 0.5) is 0 Å². The van der Waals surface area contributed by atoms with Gasteiger partial charge in [0, 0.05) is 0 Å². The maximum absolute atomic E-state index is 11.7. The quantitative estimate of drug-likeness (QED) is 0.701. The summed E-state index contributed by atoms with van der Waals surface area (Å²) in [6.45, 7) is 4.52. The lowest BCUT2D eigenvalue weighted by Gasteiger charge is -2.53. The highest BCUT2D eigenvalue weighted by atomic mass is 31.2. The minimum Gasteiger partial charge on any atom is -0.393 e. The standard InChI is InChI=1S/C21H31O4P/c1-3-4-13-11-14-12-15(26(23,24)25)5-6-16(14)17-9-10-21(2)18(20(13)17)7-8-19(21)22/h5-6,12-13,17-20,22H,3-4,7-11H2,1-2H3,(H2,23,24,25)/t13-,17-,18+,19+,20-,21+/m1/s1. The smallest absolute Gasteiger partial charge is 0.356 e. The van der Waals surface area contributed by atoms with Crippen LogP contribution in [0.2, 0.25) is 0 Å². The van der Waals surface area contributed by atoms with Gasteiger partial charge in [-0.25, -0.2) is 0 Å². The Hall–Kier alpha value is -0.670. The monoisotopic (exact) mass is 378 g/mol. The van der Waals surface area contributed by atoms with Gasteiger partial charge in [0.05, 0.1) is 11.4 Å². The summed E-state index contributed by atoms with van der Waals surface area (Å²) >= 11 is 0. The molecule has 144 valence electrons. The summed E-state index contributed by atoms with van der Waals surface area (Å²) in [4.78, 5) is 19.1. The van der Waals surface area contributed by atoms with E-state index in [9.17, 15) is 19.5 Å². The van der Waals surface area contributed by atoms with E-state index in [-0.39, 0.29) is 16.8 Å². The first kappa shape index (κ1) is 18.7. The molecule has 3 aliphatic rings. The van der Waals surface area contributed by atoms with Gasteiger partial charge in [-0.3, -0.25) is 4.57 Å². The van der Waals surface area contributed by atoms with Crippen LogP contribution < -0.4 is 5.30 Å². The number of hydrogen-bond donors (Lipinski definition) is 3. The Kier molecular flexibility index (Phi) is 4.63. The van der Waals surface area contributed by atoms with E-state index in [0.29, 0.717) is 23.7 Å². The maximum atomic E-state index is 11.7. The number of aliphatic hydroxyl groups is 1. The summed E-state index contributed by atoms with van der Waals surface area (Å²) < 4.78 is 11.7. The zero-order chi connectivity index (χ0) is 18.7. The van der Waals surface area contributed by atoms with Crippen LogP contribution in [0.1, 0.15) is 69.4 Å². The van der Waals surface area contributed by atoms with Crippen molar-refractivity contribution in [2.24, 2.45) is 23.2 Å². The number of fused-ring (bicyclic) bond motifs is 5. The summed E-state index contributed by atoms with van der Waals surface area (Å²) in [7, 11) is -4.21. The lowest BCUT2D eigenvalue weighted by atomic mass is 9.52. The van der Waals surface area contributed by atoms with Crippen molar-refractivity contribution >= 4 is 12.9 Å². The van der Waals surface area contributed by atoms with Gasteiger partial charge < -0.3 is 14.9 Å². The molecule has 2 fully saturated rings. The molecule has 3 N–H and O–H groups in total. The Balaban J connectivity index is 1.76. The number of benzene rings is 1. The topological polar surface area (TPSA) is 77.8 Å². The van der Waals surface area contributed by atoms with E-state index in [1.54, 1.807) is 12.1 Å². The van der Waals surface area contributed by atoms with Crippen molar-refractivity contribution in [2.75, 3.05) is 0 Å². The van der Waals surface area contributed by atoms with E-state index in [2.05, 4.69) is 13.8 Å². The molecular weight excluding hydrogens is 347 g/mol. The van der Waals surface area contributed by atoms with Crippen LogP contribution in [0.5, 0.6) is 0 Å². The predicted octanol–water partition coefficient (Wildman–Crippen LogP) is 3.73. The molecule has 4 nitrogen and oxygen atoms in total. The minimum atomic E-state index is -4.21. The fourth-order valence-corrected chi connectivity index (χ4v) is 7.18. The molecule has 0 aliphatic heterocycles. The Bertz CT molecular complexity index is 742. The van der Waals surface area contributed by atoms with Gasteiger partial charge in [-0.2, -0.15) is 0 Å². The normalized spacial score (nSPS) is 39.2. The molecule has 0 spiro atoms. The molecule has 4 rings (SSSR count). The zero-order valence-corrected chi connectivity index (χ0v) is 16.7. The van der Waals surface area contributed by atoms with Crippen LogP contribution >= 0.6 is 7.60 Å². The molecule has 1 aromatic carbocycles. The van der Waals surface area contributed by atoms with E-state index in [1.807, 2.05) is 6.07 Å². The van der Waals surface area contributed by atoms with Crippen molar-refractivity contribution in [1.29, 1.82) is 0 Å². The summed E-state index contributed by atoms with van der Waals surface area (Å²) in [6.07, 6.45) is 7.21. The van der Waals surface area contributed by atoms with E-state index in [4.69, 9.17) is 0 Å². The molecule has 3 aliphatic carbocycles. The lowest BCUT2D eigenvalue weighted by molar-refractivity contribution is -0.0393. The molecule has 0 unspecified atom stereocenters. The second-order valence-corrected chi connectivity index (χ2v) is 10.7. The number of hydrogen-bond acceptors (Lipinski definition) is 2. The third kappa shape index (κ3) is 2.81. The van der Waals surface area contributed by atoms with Crippen LogP contribution in [-0.2, 0) is 11.0 Å². The first-order valence-corrected chi connectivity index (χ1v) is 11.7. The number of aliphatic hydroxyl groups excluding tert-OH is 1. The second kappa shape index (κ2) is 6.44. The zero-order valence-electron chi connectivity index (χ0n) is 15.8. The molecule has 0 radical (unpaired) electrons. The largest absolute Gasteiger partial charge is 0.393 e. The molecule has 26 heavy (non-hydrogen) atoms. The van der Waals surface area contributed by atoms with Gasteiger partial charge in [0.15, 0.2) is 0 Å². The van der Waals surface area contributed by atoms with Gasteiger partial charge in [0.1, 0.15) is 0 Å². The molecular formula is C21H31O4P.